The van der Waals surface area contributed by atoms with E-state index in [9.17, 15) is 19.3 Å². The fraction of sp³-hybridized carbons (Fsp3) is 0.0833. The molecule has 0 amide bonds. The number of carboxylic acids is 1. The van der Waals surface area contributed by atoms with Gasteiger partial charge in [-0.15, -0.1) is 11.3 Å². The van der Waals surface area contributed by atoms with Gasteiger partial charge < -0.3 is 5.11 Å². The number of carbonyl (C=O) groups is 1. The van der Waals surface area contributed by atoms with Gasteiger partial charge in [-0.2, -0.15) is 0 Å². The van der Waals surface area contributed by atoms with Gasteiger partial charge in [0.15, 0.2) is 0 Å². The fourth-order valence-corrected chi connectivity index (χ4v) is 3.40. The first-order valence-corrected chi connectivity index (χ1v) is 7.02. The van der Waals surface area contributed by atoms with Gasteiger partial charge in [-0.25, -0.2) is 9.18 Å². The van der Waals surface area contributed by atoms with Crippen molar-refractivity contribution in [2.24, 2.45) is 0 Å². The van der Waals surface area contributed by atoms with Crippen molar-refractivity contribution >= 4 is 34.8 Å². The lowest BCUT2D eigenvalue weighted by atomic mass is 10.2. The van der Waals surface area contributed by atoms with Crippen LogP contribution in [-0.4, -0.2) is 16.0 Å². The Hall–Kier alpha value is -1.93. The number of thiophene rings is 1. The Balaban J connectivity index is 2.39. The van der Waals surface area contributed by atoms with E-state index in [-0.39, 0.29) is 15.5 Å². The van der Waals surface area contributed by atoms with Crippen LogP contribution in [0.3, 0.4) is 0 Å². The lowest BCUT2D eigenvalue weighted by Gasteiger charge is -2.03. The lowest BCUT2D eigenvalue weighted by Crippen LogP contribution is -1.94. The first kappa shape index (κ1) is 14.5. The van der Waals surface area contributed by atoms with Gasteiger partial charge in [0.2, 0.25) is 0 Å². The fourth-order valence-electron chi connectivity index (χ4n) is 1.48. The molecular weight excluding hydrogens is 305 g/mol. The van der Waals surface area contributed by atoms with Crippen molar-refractivity contribution in [3.63, 3.8) is 0 Å². The molecule has 0 atom stereocenters. The van der Waals surface area contributed by atoms with E-state index in [0.717, 1.165) is 29.2 Å². The predicted molar refractivity (Wildman–Crippen MR) is 73.2 cm³/mol. The summed E-state index contributed by atoms with van der Waals surface area (Å²) in [5.41, 5.74) is -0.0343. The number of benzene rings is 1. The number of nitrogens with zero attached hydrogens (tertiary/aromatic N) is 1. The van der Waals surface area contributed by atoms with Crippen LogP contribution in [0, 0.1) is 22.9 Å². The van der Waals surface area contributed by atoms with Gasteiger partial charge in [0.1, 0.15) is 10.7 Å². The van der Waals surface area contributed by atoms with Crippen molar-refractivity contribution in [3.8, 4) is 0 Å². The van der Waals surface area contributed by atoms with Crippen LogP contribution in [0.25, 0.3) is 0 Å². The van der Waals surface area contributed by atoms with Gasteiger partial charge in [0.25, 0.3) is 5.69 Å². The van der Waals surface area contributed by atoms with Crippen molar-refractivity contribution in [3.05, 3.63) is 50.0 Å². The topological polar surface area (TPSA) is 80.4 Å². The Kier molecular flexibility index (Phi) is 4.05. The van der Waals surface area contributed by atoms with E-state index in [0.29, 0.717) is 10.5 Å². The molecule has 0 saturated heterocycles. The molecule has 0 aliphatic carbocycles. The summed E-state index contributed by atoms with van der Waals surface area (Å²) in [6.45, 7) is 1.51. The number of carboxylic acid groups (broad SMARTS) is 1. The molecule has 1 N–H and O–H groups in total. The van der Waals surface area contributed by atoms with Gasteiger partial charge in [0, 0.05) is 10.3 Å². The minimum Gasteiger partial charge on any atom is -0.477 e. The standard InChI is InChI=1S/C12H8FNO4S2/c1-6-2-10(9(14(17)18)4-8(6)13)20-7-3-11(12(15)16)19-5-7/h2-5H,1H3,(H,15,16). The molecule has 0 spiro atoms. The summed E-state index contributed by atoms with van der Waals surface area (Å²) in [4.78, 5) is 22.0. The molecule has 104 valence electrons. The van der Waals surface area contributed by atoms with Gasteiger partial charge in [0.05, 0.1) is 15.9 Å². The number of nitro benzene ring substituents is 1. The number of halogens is 1. The maximum atomic E-state index is 13.4. The van der Waals surface area contributed by atoms with E-state index in [4.69, 9.17) is 5.11 Å². The Labute approximate surface area is 121 Å². The summed E-state index contributed by atoms with van der Waals surface area (Å²) in [6, 6.07) is 3.69. The van der Waals surface area contributed by atoms with Gasteiger partial charge in [-0.05, 0) is 24.6 Å². The third-order valence-electron chi connectivity index (χ3n) is 2.45. The zero-order chi connectivity index (χ0) is 14.9. The SMILES string of the molecule is Cc1cc(Sc2csc(C(=O)O)c2)c([N+](=O)[O-])cc1F. The van der Waals surface area contributed by atoms with Crippen molar-refractivity contribution in [1.82, 2.24) is 0 Å². The zero-order valence-electron chi connectivity index (χ0n) is 10.1. The molecule has 1 heterocycles. The molecule has 0 unspecified atom stereocenters. The second-order valence-corrected chi connectivity index (χ2v) is 5.91. The van der Waals surface area contributed by atoms with E-state index < -0.39 is 16.7 Å². The minimum atomic E-state index is -1.05. The van der Waals surface area contributed by atoms with Crippen LogP contribution in [0.1, 0.15) is 15.2 Å². The maximum absolute atomic E-state index is 13.4. The molecule has 0 aliphatic rings. The Morgan fingerprint density at radius 1 is 1.45 bits per heavy atom. The largest absolute Gasteiger partial charge is 0.477 e. The highest BCUT2D eigenvalue weighted by Gasteiger charge is 2.19. The van der Waals surface area contributed by atoms with Crippen LogP contribution in [0.15, 0.2) is 33.4 Å². The van der Waals surface area contributed by atoms with Crippen LogP contribution < -0.4 is 0 Å². The van der Waals surface area contributed by atoms with Gasteiger partial charge >= 0.3 is 5.97 Å². The van der Waals surface area contributed by atoms with Gasteiger partial charge in [-0.3, -0.25) is 10.1 Å². The molecule has 2 rings (SSSR count). The first-order valence-electron chi connectivity index (χ1n) is 5.32. The van der Waals surface area contributed by atoms with Crippen LogP contribution in [0.5, 0.6) is 0 Å². The van der Waals surface area contributed by atoms with E-state index >= 15 is 0 Å². The van der Waals surface area contributed by atoms with Crippen LogP contribution in [0.4, 0.5) is 10.1 Å². The second-order valence-electron chi connectivity index (χ2n) is 3.88. The lowest BCUT2D eigenvalue weighted by molar-refractivity contribution is -0.387. The Morgan fingerprint density at radius 2 is 2.15 bits per heavy atom. The number of nitro groups is 1. The smallest absolute Gasteiger partial charge is 0.345 e. The summed E-state index contributed by atoms with van der Waals surface area (Å²) in [6.07, 6.45) is 0. The number of aromatic carboxylic acids is 1. The van der Waals surface area contributed by atoms with Crippen molar-refractivity contribution in [2.45, 2.75) is 16.7 Å². The summed E-state index contributed by atoms with van der Waals surface area (Å²) < 4.78 is 13.4. The Bertz CT molecular complexity index is 699. The molecule has 0 saturated carbocycles. The number of rotatable bonds is 4. The van der Waals surface area contributed by atoms with E-state index in [1.54, 1.807) is 5.38 Å². The molecule has 1 aromatic carbocycles. The number of hydrogen-bond acceptors (Lipinski definition) is 5. The zero-order valence-corrected chi connectivity index (χ0v) is 11.8. The van der Waals surface area contributed by atoms with E-state index in [2.05, 4.69) is 0 Å². The van der Waals surface area contributed by atoms with Gasteiger partial charge in [-0.1, -0.05) is 11.8 Å². The molecule has 8 heteroatoms. The van der Waals surface area contributed by atoms with Crippen molar-refractivity contribution in [1.29, 1.82) is 0 Å². The van der Waals surface area contributed by atoms with Crippen molar-refractivity contribution in [2.75, 3.05) is 0 Å². The summed E-state index contributed by atoms with van der Waals surface area (Å²) in [5, 5.41) is 21.3. The van der Waals surface area contributed by atoms with Crippen LogP contribution in [-0.2, 0) is 0 Å². The molecule has 1 aromatic heterocycles. The average molecular weight is 313 g/mol. The predicted octanol–water partition coefficient (Wildman–Crippen LogP) is 3.95. The molecule has 0 bridgehead atoms. The van der Waals surface area contributed by atoms with Crippen molar-refractivity contribution < 1.29 is 19.2 Å². The number of aryl methyl sites for hydroxylation is 1. The third kappa shape index (κ3) is 2.97. The van der Waals surface area contributed by atoms with Crippen LogP contribution >= 0.6 is 23.1 Å². The molecule has 0 aliphatic heterocycles. The first-order chi connectivity index (χ1) is 9.38. The maximum Gasteiger partial charge on any atom is 0.345 e. The minimum absolute atomic E-state index is 0.147. The second kappa shape index (κ2) is 5.59. The highest BCUT2D eigenvalue weighted by atomic mass is 32.2. The van der Waals surface area contributed by atoms with E-state index in [1.807, 2.05) is 0 Å². The number of hydrogen-bond donors (Lipinski definition) is 1. The van der Waals surface area contributed by atoms with E-state index in [1.165, 1.54) is 19.1 Å². The molecule has 20 heavy (non-hydrogen) atoms. The molecule has 5 nitrogen and oxygen atoms in total. The molecule has 2 aromatic rings. The monoisotopic (exact) mass is 313 g/mol. The summed E-state index contributed by atoms with van der Waals surface area (Å²) >= 11 is 2.08. The molecule has 0 radical (unpaired) electrons. The Morgan fingerprint density at radius 3 is 2.70 bits per heavy atom. The summed E-state index contributed by atoms with van der Waals surface area (Å²) in [5.74, 6) is -1.69. The normalized spacial score (nSPS) is 10.5. The van der Waals surface area contributed by atoms with Crippen LogP contribution in [0.2, 0.25) is 0 Å². The highest BCUT2D eigenvalue weighted by Crippen LogP contribution is 2.38. The highest BCUT2D eigenvalue weighted by molar-refractivity contribution is 7.99. The quantitative estimate of drug-likeness (QED) is 0.682. The summed E-state index contributed by atoms with van der Waals surface area (Å²) in [7, 11) is 0. The average Bonchev–Trinajstić information content (AvgIpc) is 2.82. The third-order valence-corrected chi connectivity index (χ3v) is 4.54. The molecular formula is C12H8FNO4S2. The molecule has 0 fully saturated rings.